The number of nitrogens with zero attached hydrogens (tertiary/aromatic N) is 1. The van der Waals surface area contributed by atoms with E-state index in [2.05, 4.69) is 28.8 Å². The first kappa shape index (κ1) is 19.2. The van der Waals surface area contributed by atoms with Crippen molar-refractivity contribution in [2.75, 3.05) is 19.5 Å². The molecule has 1 aliphatic carbocycles. The fraction of sp³-hybridized carbons (Fsp3) is 0.474. The highest BCUT2D eigenvalue weighted by Crippen LogP contribution is 2.29. The van der Waals surface area contributed by atoms with Crippen molar-refractivity contribution in [1.82, 2.24) is 5.43 Å². The monoisotopic (exact) mass is 361 g/mol. The van der Waals surface area contributed by atoms with E-state index in [0.717, 1.165) is 30.7 Å². The number of hydrogen-bond acceptors (Lipinski definition) is 4. The van der Waals surface area contributed by atoms with Gasteiger partial charge in [0.25, 0.3) is 0 Å². The zero-order valence-electron chi connectivity index (χ0n) is 15.2. The smallest absolute Gasteiger partial charge is 0.191 e. The first-order valence-corrected chi connectivity index (χ1v) is 9.13. The Labute approximate surface area is 155 Å². The molecule has 0 fully saturated rings. The molecule has 5 nitrogen and oxygen atoms in total. The van der Waals surface area contributed by atoms with Gasteiger partial charge in [0.05, 0.1) is 19.9 Å². The maximum Gasteiger partial charge on any atom is 0.191 e. The van der Waals surface area contributed by atoms with E-state index in [1.54, 1.807) is 14.2 Å². The van der Waals surface area contributed by atoms with Crippen molar-refractivity contribution in [3.63, 3.8) is 0 Å². The van der Waals surface area contributed by atoms with Gasteiger partial charge in [-0.3, -0.25) is 5.43 Å². The minimum absolute atomic E-state index is 0.458. The lowest BCUT2D eigenvalue weighted by atomic mass is 10.1. The predicted molar refractivity (Wildman–Crippen MR) is 108 cm³/mol. The minimum atomic E-state index is 0.458. The van der Waals surface area contributed by atoms with Crippen molar-refractivity contribution in [2.24, 2.45) is 5.10 Å². The molecule has 2 rings (SSSR count). The molecule has 1 aliphatic rings. The van der Waals surface area contributed by atoms with Crippen molar-refractivity contribution < 1.29 is 9.47 Å². The SMILES string of the molecule is CCCCCC1=CCC/C1=N/NC(=S)Nc1ccc(OC)c(OC)c1. The van der Waals surface area contributed by atoms with E-state index in [9.17, 15) is 0 Å². The molecule has 0 unspecified atom stereocenters. The second-order valence-corrected chi connectivity index (χ2v) is 6.33. The standard InChI is InChI=1S/C19H27N3O2S/c1-4-5-6-8-14-9-7-10-16(14)21-22-19(25)20-15-11-12-17(23-2)18(13-15)24-3/h9,11-13H,4-8,10H2,1-3H3,(H2,20,22,25)/b21-16-. The van der Waals surface area contributed by atoms with E-state index in [0.29, 0.717) is 16.6 Å². The van der Waals surface area contributed by atoms with Crippen LogP contribution < -0.4 is 20.2 Å². The summed E-state index contributed by atoms with van der Waals surface area (Å²) in [6.07, 6.45) is 9.15. The zero-order chi connectivity index (χ0) is 18.1. The van der Waals surface area contributed by atoms with Gasteiger partial charge >= 0.3 is 0 Å². The summed E-state index contributed by atoms with van der Waals surface area (Å²) in [7, 11) is 3.22. The van der Waals surface area contributed by atoms with Crippen LogP contribution in [-0.4, -0.2) is 25.0 Å². The van der Waals surface area contributed by atoms with E-state index in [1.165, 1.54) is 24.8 Å². The average Bonchev–Trinajstić information content (AvgIpc) is 3.07. The summed E-state index contributed by atoms with van der Waals surface area (Å²) >= 11 is 5.34. The van der Waals surface area contributed by atoms with Gasteiger partial charge in [-0.1, -0.05) is 25.8 Å². The average molecular weight is 362 g/mol. The molecular weight excluding hydrogens is 334 g/mol. The molecular formula is C19H27N3O2S. The van der Waals surface area contributed by atoms with Crippen molar-refractivity contribution in [2.45, 2.75) is 45.4 Å². The van der Waals surface area contributed by atoms with E-state index in [4.69, 9.17) is 21.7 Å². The predicted octanol–water partition coefficient (Wildman–Crippen LogP) is 4.65. The zero-order valence-corrected chi connectivity index (χ0v) is 16.0. The quantitative estimate of drug-likeness (QED) is 0.401. The lowest BCUT2D eigenvalue weighted by Crippen LogP contribution is -2.25. The summed E-state index contributed by atoms with van der Waals surface area (Å²) in [6.45, 7) is 2.22. The summed E-state index contributed by atoms with van der Waals surface area (Å²) in [6, 6.07) is 5.56. The van der Waals surface area contributed by atoms with Gasteiger partial charge in [0.1, 0.15) is 0 Å². The Balaban J connectivity index is 1.91. The number of hydrazone groups is 1. The van der Waals surface area contributed by atoms with Gasteiger partial charge in [-0.25, -0.2) is 0 Å². The third-order valence-electron chi connectivity index (χ3n) is 4.13. The Bertz CT molecular complexity index is 656. The lowest BCUT2D eigenvalue weighted by Gasteiger charge is -2.12. The minimum Gasteiger partial charge on any atom is -0.493 e. The van der Waals surface area contributed by atoms with Crippen LogP contribution in [0.15, 0.2) is 34.9 Å². The molecule has 0 saturated carbocycles. The molecule has 0 bridgehead atoms. The van der Waals surface area contributed by atoms with Crippen LogP contribution in [0.5, 0.6) is 11.5 Å². The van der Waals surface area contributed by atoms with Crippen LogP contribution in [0.4, 0.5) is 5.69 Å². The van der Waals surface area contributed by atoms with Crippen LogP contribution in [-0.2, 0) is 0 Å². The number of ether oxygens (including phenoxy) is 2. The maximum atomic E-state index is 5.34. The highest BCUT2D eigenvalue weighted by Gasteiger charge is 2.13. The Morgan fingerprint density at radius 3 is 2.72 bits per heavy atom. The number of hydrogen-bond donors (Lipinski definition) is 2. The number of methoxy groups -OCH3 is 2. The van der Waals surface area contributed by atoms with Crippen LogP contribution in [0.3, 0.4) is 0 Å². The summed E-state index contributed by atoms with van der Waals surface area (Å²) in [5.74, 6) is 1.33. The second kappa shape index (κ2) is 10.0. The fourth-order valence-corrected chi connectivity index (χ4v) is 2.96. The van der Waals surface area contributed by atoms with Gasteiger partial charge < -0.3 is 14.8 Å². The number of rotatable bonds is 8. The summed E-state index contributed by atoms with van der Waals surface area (Å²) in [5.41, 5.74) is 6.25. The number of unbranched alkanes of at least 4 members (excludes halogenated alkanes) is 2. The molecule has 136 valence electrons. The number of anilines is 1. The molecule has 0 saturated heterocycles. The van der Waals surface area contributed by atoms with E-state index in [1.807, 2.05) is 18.2 Å². The molecule has 0 amide bonds. The normalized spacial score (nSPS) is 15.0. The van der Waals surface area contributed by atoms with Crippen LogP contribution in [0.25, 0.3) is 0 Å². The molecule has 25 heavy (non-hydrogen) atoms. The number of allylic oxidation sites excluding steroid dienone is 2. The Morgan fingerprint density at radius 2 is 2.00 bits per heavy atom. The summed E-state index contributed by atoms with van der Waals surface area (Å²) < 4.78 is 10.5. The highest BCUT2D eigenvalue weighted by atomic mass is 32.1. The molecule has 1 aromatic carbocycles. The van der Waals surface area contributed by atoms with Crippen LogP contribution in [0, 0.1) is 0 Å². The molecule has 0 spiro atoms. The largest absolute Gasteiger partial charge is 0.493 e. The molecule has 0 radical (unpaired) electrons. The van der Waals surface area contributed by atoms with Crippen LogP contribution in [0.2, 0.25) is 0 Å². The fourth-order valence-electron chi connectivity index (χ4n) is 2.79. The van der Waals surface area contributed by atoms with Gasteiger partial charge in [0.2, 0.25) is 0 Å². The molecule has 0 aliphatic heterocycles. The third kappa shape index (κ3) is 5.74. The van der Waals surface area contributed by atoms with Crippen molar-refractivity contribution in [1.29, 1.82) is 0 Å². The van der Waals surface area contributed by atoms with Crippen LogP contribution in [0.1, 0.15) is 45.4 Å². The third-order valence-corrected chi connectivity index (χ3v) is 4.32. The molecule has 2 N–H and O–H groups in total. The molecule has 6 heteroatoms. The lowest BCUT2D eigenvalue weighted by molar-refractivity contribution is 0.355. The number of thiocarbonyl (C=S) groups is 1. The summed E-state index contributed by atoms with van der Waals surface area (Å²) in [5, 5.41) is 8.07. The van der Waals surface area contributed by atoms with Crippen molar-refractivity contribution in [3.05, 3.63) is 29.8 Å². The molecule has 1 aromatic rings. The van der Waals surface area contributed by atoms with Gasteiger partial charge in [0.15, 0.2) is 16.6 Å². The highest BCUT2D eigenvalue weighted by molar-refractivity contribution is 7.80. The summed E-state index contributed by atoms with van der Waals surface area (Å²) in [4.78, 5) is 0. The first-order valence-electron chi connectivity index (χ1n) is 8.73. The molecule has 0 heterocycles. The second-order valence-electron chi connectivity index (χ2n) is 5.92. The van der Waals surface area contributed by atoms with Gasteiger partial charge in [-0.2, -0.15) is 5.10 Å². The van der Waals surface area contributed by atoms with Gasteiger partial charge in [0, 0.05) is 11.8 Å². The van der Waals surface area contributed by atoms with Crippen molar-refractivity contribution >= 4 is 28.7 Å². The Morgan fingerprint density at radius 1 is 1.20 bits per heavy atom. The van der Waals surface area contributed by atoms with Crippen molar-refractivity contribution in [3.8, 4) is 11.5 Å². The Kier molecular flexibility index (Phi) is 7.73. The van der Waals surface area contributed by atoms with E-state index < -0.39 is 0 Å². The van der Waals surface area contributed by atoms with E-state index in [-0.39, 0.29) is 0 Å². The Hall–Kier alpha value is -2.08. The van der Waals surface area contributed by atoms with Crippen LogP contribution >= 0.6 is 12.2 Å². The maximum absolute atomic E-state index is 5.34. The van der Waals surface area contributed by atoms with Gasteiger partial charge in [-0.05, 0) is 55.6 Å². The molecule has 0 atom stereocenters. The van der Waals surface area contributed by atoms with Gasteiger partial charge in [-0.15, -0.1) is 0 Å². The first-order chi connectivity index (χ1) is 12.2. The van der Waals surface area contributed by atoms with E-state index >= 15 is 0 Å². The topological polar surface area (TPSA) is 54.9 Å². The number of benzene rings is 1. The number of nitrogens with one attached hydrogen (secondary N) is 2. The molecule has 0 aromatic heterocycles.